The summed E-state index contributed by atoms with van der Waals surface area (Å²) in [5.74, 6) is 0.0200. The molecule has 0 saturated heterocycles. The Labute approximate surface area is 141 Å². The second kappa shape index (κ2) is 5.82. The van der Waals surface area contributed by atoms with Crippen molar-refractivity contribution in [1.82, 2.24) is 0 Å². The zero-order valence-electron chi connectivity index (χ0n) is 13.2. The molecular weight excluding hydrogens is 294 g/mol. The summed E-state index contributed by atoms with van der Waals surface area (Å²) in [4.78, 5) is 15.1. The van der Waals surface area contributed by atoms with Gasteiger partial charge in [0.05, 0.1) is 11.7 Å². The predicted molar refractivity (Wildman–Crippen MR) is 97.7 cm³/mol. The summed E-state index contributed by atoms with van der Waals surface area (Å²) in [6.07, 6.45) is 0. The lowest BCUT2D eigenvalue weighted by molar-refractivity contribution is 0.102. The number of hydrogen-bond donors (Lipinski definition) is 0. The predicted octanol–water partition coefficient (Wildman–Crippen LogP) is 5.32. The van der Waals surface area contributed by atoms with E-state index in [0.717, 1.165) is 16.9 Å². The summed E-state index contributed by atoms with van der Waals surface area (Å²) in [5, 5.41) is 0. The van der Waals surface area contributed by atoms with Gasteiger partial charge in [-0.1, -0.05) is 67.2 Å². The van der Waals surface area contributed by atoms with Crippen molar-refractivity contribution in [3.63, 3.8) is 0 Å². The van der Waals surface area contributed by atoms with Crippen molar-refractivity contribution in [2.75, 3.05) is 4.90 Å². The molecule has 0 unspecified atom stereocenters. The Balaban J connectivity index is 1.98. The number of hydrogen-bond acceptors (Lipinski definition) is 2. The molecule has 1 atom stereocenters. The maximum atomic E-state index is 12.9. The van der Waals surface area contributed by atoms with Crippen LogP contribution in [0.4, 0.5) is 11.4 Å². The van der Waals surface area contributed by atoms with Crippen LogP contribution in [0.25, 0.3) is 0 Å². The zero-order chi connectivity index (χ0) is 16.5. The number of carbonyl (C=O) groups is 1. The number of Topliss-reactive ketones (excluding diaryl/α,β-unsaturated/α-hetero) is 1. The van der Waals surface area contributed by atoms with Crippen LogP contribution in [-0.2, 0) is 0 Å². The summed E-state index contributed by atoms with van der Waals surface area (Å²) in [7, 11) is 0. The molecule has 2 nitrogen and oxygen atoms in total. The smallest absolute Gasteiger partial charge is 0.192 e. The lowest BCUT2D eigenvalue weighted by Gasteiger charge is -2.39. The van der Waals surface area contributed by atoms with Crippen LogP contribution in [0.5, 0.6) is 0 Å². The molecule has 0 saturated carbocycles. The molecule has 0 fully saturated rings. The Morgan fingerprint density at radius 3 is 2.04 bits per heavy atom. The molecule has 116 valence electrons. The molecule has 0 aromatic heterocycles. The number of para-hydroxylation sites is 2. The summed E-state index contributed by atoms with van der Waals surface area (Å²) in [6, 6.07) is 27.8. The van der Waals surface area contributed by atoms with E-state index < -0.39 is 0 Å². The molecule has 0 aliphatic carbocycles. The van der Waals surface area contributed by atoms with Gasteiger partial charge in [-0.05, 0) is 29.8 Å². The van der Waals surface area contributed by atoms with Crippen molar-refractivity contribution in [2.45, 2.75) is 6.04 Å². The summed E-state index contributed by atoms with van der Waals surface area (Å²) >= 11 is 0. The van der Waals surface area contributed by atoms with E-state index in [4.69, 9.17) is 0 Å². The Morgan fingerprint density at radius 2 is 1.33 bits per heavy atom. The Hall–Kier alpha value is -3.13. The first kappa shape index (κ1) is 14.5. The molecule has 0 N–H and O–H groups in total. The molecule has 2 heteroatoms. The molecular formula is C22H17NO. The van der Waals surface area contributed by atoms with Crippen LogP contribution in [0.15, 0.2) is 97.1 Å². The zero-order valence-corrected chi connectivity index (χ0v) is 13.2. The van der Waals surface area contributed by atoms with Crippen molar-refractivity contribution in [2.24, 2.45) is 0 Å². The van der Waals surface area contributed by atoms with Gasteiger partial charge in [-0.15, -0.1) is 0 Å². The average Bonchev–Trinajstić information content (AvgIpc) is 2.66. The summed E-state index contributed by atoms with van der Waals surface area (Å²) < 4.78 is 0. The van der Waals surface area contributed by atoms with Gasteiger partial charge in [0.15, 0.2) is 5.78 Å². The SMILES string of the molecule is C=C1C(=O)c2ccccc2N(c2ccccc2)[C@@H]1c1ccccc1. The molecule has 4 rings (SSSR count). The normalized spacial score (nSPS) is 16.8. The minimum Gasteiger partial charge on any atom is -0.329 e. The number of nitrogens with zero attached hydrogens (tertiary/aromatic N) is 1. The highest BCUT2D eigenvalue weighted by Gasteiger charge is 2.36. The molecule has 0 radical (unpaired) electrons. The van der Waals surface area contributed by atoms with Gasteiger partial charge in [-0.2, -0.15) is 0 Å². The van der Waals surface area contributed by atoms with Crippen molar-refractivity contribution in [1.29, 1.82) is 0 Å². The van der Waals surface area contributed by atoms with E-state index in [1.807, 2.05) is 72.8 Å². The first-order valence-electron chi connectivity index (χ1n) is 7.99. The van der Waals surface area contributed by atoms with Crippen LogP contribution in [0.3, 0.4) is 0 Å². The van der Waals surface area contributed by atoms with E-state index in [1.165, 1.54) is 0 Å². The molecule has 0 bridgehead atoms. The van der Waals surface area contributed by atoms with Gasteiger partial charge in [0, 0.05) is 16.8 Å². The third-order valence-corrected chi connectivity index (χ3v) is 4.44. The number of benzene rings is 3. The Kier molecular flexibility index (Phi) is 3.51. The van der Waals surface area contributed by atoms with Crippen LogP contribution in [0.1, 0.15) is 22.0 Å². The molecule has 1 aliphatic heterocycles. The van der Waals surface area contributed by atoms with Gasteiger partial charge >= 0.3 is 0 Å². The molecule has 1 aliphatic rings. The second-order valence-corrected chi connectivity index (χ2v) is 5.89. The highest BCUT2D eigenvalue weighted by atomic mass is 16.1. The standard InChI is InChI=1S/C22H17NO/c1-16-21(17-10-4-2-5-11-17)23(18-12-6-3-7-13-18)20-15-9-8-14-19(20)22(16)24/h2-15,21H,1H2/t21-/m0/s1. The third-order valence-electron chi connectivity index (χ3n) is 4.44. The molecule has 0 amide bonds. The van der Waals surface area contributed by atoms with Gasteiger partial charge in [-0.3, -0.25) is 4.79 Å². The number of rotatable bonds is 2. The lowest BCUT2D eigenvalue weighted by atomic mass is 9.86. The van der Waals surface area contributed by atoms with E-state index in [0.29, 0.717) is 11.1 Å². The van der Waals surface area contributed by atoms with Gasteiger partial charge in [0.2, 0.25) is 0 Å². The topological polar surface area (TPSA) is 20.3 Å². The van der Waals surface area contributed by atoms with Crippen molar-refractivity contribution >= 4 is 17.2 Å². The maximum Gasteiger partial charge on any atom is 0.192 e. The van der Waals surface area contributed by atoms with Gasteiger partial charge < -0.3 is 4.90 Å². The largest absolute Gasteiger partial charge is 0.329 e. The van der Waals surface area contributed by atoms with E-state index in [1.54, 1.807) is 0 Å². The lowest BCUT2D eigenvalue weighted by Crippen LogP contribution is -2.33. The first-order chi connectivity index (χ1) is 11.8. The third kappa shape index (κ3) is 2.24. The minimum atomic E-state index is -0.198. The molecule has 1 heterocycles. The fourth-order valence-corrected chi connectivity index (χ4v) is 3.33. The van der Waals surface area contributed by atoms with Gasteiger partial charge in [0.25, 0.3) is 0 Å². The summed E-state index contributed by atoms with van der Waals surface area (Å²) in [5.41, 5.74) is 4.35. The Morgan fingerprint density at radius 1 is 0.750 bits per heavy atom. The molecule has 3 aromatic rings. The number of ketones is 1. The van der Waals surface area contributed by atoms with Gasteiger partial charge in [0.1, 0.15) is 0 Å². The monoisotopic (exact) mass is 311 g/mol. The highest BCUT2D eigenvalue weighted by Crippen LogP contribution is 2.45. The van der Waals surface area contributed by atoms with Crippen LogP contribution in [0.2, 0.25) is 0 Å². The van der Waals surface area contributed by atoms with E-state index >= 15 is 0 Å². The molecule has 3 aromatic carbocycles. The number of anilines is 2. The van der Waals surface area contributed by atoms with Gasteiger partial charge in [-0.25, -0.2) is 0 Å². The van der Waals surface area contributed by atoms with Crippen LogP contribution in [0, 0.1) is 0 Å². The quantitative estimate of drug-likeness (QED) is 0.597. The fourth-order valence-electron chi connectivity index (χ4n) is 3.33. The minimum absolute atomic E-state index is 0.0200. The maximum absolute atomic E-state index is 12.9. The van der Waals surface area contributed by atoms with E-state index in [2.05, 4.69) is 23.6 Å². The van der Waals surface area contributed by atoms with E-state index in [9.17, 15) is 4.79 Å². The van der Waals surface area contributed by atoms with Crippen LogP contribution >= 0.6 is 0 Å². The van der Waals surface area contributed by atoms with Crippen molar-refractivity contribution < 1.29 is 4.79 Å². The first-order valence-corrected chi connectivity index (χ1v) is 7.99. The Bertz CT molecular complexity index is 900. The fraction of sp³-hybridized carbons (Fsp3) is 0.0455. The van der Waals surface area contributed by atoms with Crippen molar-refractivity contribution in [3.8, 4) is 0 Å². The molecule has 24 heavy (non-hydrogen) atoms. The van der Waals surface area contributed by atoms with Crippen LogP contribution < -0.4 is 4.90 Å². The summed E-state index contributed by atoms with van der Waals surface area (Å²) in [6.45, 7) is 4.14. The molecule has 0 spiro atoms. The van der Waals surface area contributed by atoms with Crippen LogP contribution in [-0.4, -0.2) is 5.78 Å². The average molecular weight is 311 g/mol. The second-order valence-electron chi connectivity index (χ2n) is 5.89. The van der Waals surface area contributed by atoms with E-state index in [-0.39, 0.29) is 11.8 Å². The van der Waals surface area contributed by atoms with Crippen molar-refractivity contribution in [3.05, 3.63) is 108 Å². The number of carbonyl (C=O) groups excluding carboxylic acids is 1. The highest BCUT2D eigenvalue weighted by molar-refractivity contribution is 6.15. The number of fused-ring (bicyclic) bond motifs is 1.